The molecule has 0 N–H and O–H groups in total. The Labute approximate surface area is 156 Å². The first kappa shape index (κ1) is 18.4. The normalized spacial score (nSPS) is 17.0. The molecule has 1 fully saturated rings. The molecule has 0 aliphatic carbocycles. The SMILES string of the molecule is COc1ccc(N2CCN(C(=O)c3ccc([N+](=O)[O-])cc3)[C@H](C)C2=O)cc1. The van der Waals surface area contributed by atoms with E-state index in [2.05, 4.69) is 0 Å². The van der Waals surface area contributed by atoms with Crippen molar-refractivity contribution in [1.82, 2.24) is 4.90 Å². The molecule has 1 atom stereocenters. The van der Waals surface area contributed by atoms with Crippen LogP contribution in [-0.2, 0) is 4.79 Å². The Morgan fingerprint density at radius 3 is 2.30 bits per heavy atom. The van der Waals surface area contributed by atoms with Gasteiger partial charge in [-0.05, 0) is 43.3 Å². The van der Waals surface area contributed by atoms with Crippen molar-refractivity contribution in [1.29, 1.82) is 0 Å². The van der Waals surface area contributed by atoms with Crippen LogP contribution >= 0.6 is 0 Å². The number of non-ortho nitro benzene ring substituents is 1. The van der Waals surface area contributed by atoms with Gasteiger partial charge < -0.3 is 14.5 Å². The van der Waals surface area contributed by atoms with Gasteiger partial charge in [0.1, 0.15) is 11.8 Å². The largest absolute Gasteiger partial charge is 0.497 e. The van der Waals surface area contributed by atoms with Gasteiger partial charge in [0.25, 0.3) is 11.6 Å². The number of rotatable bonds is 4. The van der Waals surface area contributed by atoms with E-state index in [4.69, 9.17) is 4.74 Å². The van der Waals surface area contributed by atoms with Crippen LogP contribution in [0, 0.1) is 10.1 Å². The topological polar surface area (TPSA) is 93.0 Å². The molecule has 0 radical (unpaired) electrons. The molecule has 2 aromatic carbocycles. The molecule has 1 aliphatic rings. The Morgan fingerprint density at radius 1 is 1.11 bits per heavy atom. The number of piperazine rings is 1. The highest BCUT2D eigenvalue weighted by Crippen LogP contribution is 2.24. The first-order valence-electron chi connectivity index (χ1n) is 8.43. The zero-order valence-corrected chi connectivity index (χ0v) is 15.0. The van der Waals surface area contributed by atoms with Crippen molar-refractivity contribution in [2.24, 2.45) is 0 Å². The average molecular weight is 369 g/mol. The van der Waals surface area contributed by atoms with Gasteiger partial charge in [-0.15, -0.1) is 0 Å². The second-order valence-electron chi connectivity index (χ2n) is 6.17. The summed E-state index contributed by atoms with van der Waals surface area (Å²) in [7, 11) is 1.57. The molecule has 1 saturated heterocycles. The maximum Gasteiger partial charge on any atom is 0.269 e. The van der Waals surface area contributed by atoms with Crippen LogP contribution in [0.5, 0.6) is 5.75 Å². The fraction of sp³-hybridized carbons (Fsp3) is 0.263. The van der Waals surface area contributed by atoms with Crippen LogP contribution in [0.4, 0.5) is 11.4 Å². The van der Waals surface area contributed by atoms with Crippen LogP contribution in [0.2, 0.25) is 0 Å². The van der Waals surface area contributed by atoms with Crippen molar-refractivity contribution in [3.05, 3.63) is 64.2 Å². The van der Waals surface area contributed by atoms with Crippen molar-refractivity contribution in [2.75, 3.05) is 25.1 Å². The van der Waals surface area contributed by atoms with Crippen molar-refractivity contribution in [3.63, 3.8) is 0 Å². The second kappa shape index (κ2) is 7.45. The van der Waals surface area contributed by atoms with E-state index >= 15 is 0 Å². The van der Waals surface area contributed by atoms with E-state index in [0.29, 0.717) is 24.4 Å². The monoisotopic (exact) mass is 369 g/mol. The molecule has 2 aromatic rings. The Morgan fingerprint density at radius 2 is 1.74 bits per heavy atom. The van der Waals surface area contributed by atoms with Gasteiger partial charge in [0.05, 0.1) is 12.0 Å². The third kappa shape index (κ3) is 3.59. The summed E-state index contributed by atoms with van der Waals surface area (Å²) in [6.07, 6.45) is 0. The molecule has 0 spiro atoms. The molecule has 1 heterocycles. The molecule has 0 unspecified atom stereocenters. The quantitative estimate of drug-likeness (QED) is 0.610. The lowest BCUT2D eigenvalue weighted by molar-refractivity contribution is -0.384. The zero-order valence-electron chi connectivity index (χ0n) is 15.0. The van der Waals surface area contributed by atoms with Gasteiger partial charge >= 0.3 is 0 Å². The number of methoxy groups -OCH3 is 1. The van der Waals surface area contributed by atoms with Gasteiger partial charge in [0, 0.05) is 36.5 Å². The highest BCUT2D eigenvalue weighted by molar-refractivity contribution is 6.03. The van der Waals surface area contributed by atoms with Crippen LogP contribution < -0.4 is 9.64 Å². The van der Waals surface area contributed by atoms with E-state index in [1.807, 2.05) is 0 Å². The minimum Gasteiger partial charge on any atom is -0.497 e. The van der Waals surface area contributed by atoms with Crippen LogP contribution in [0.3, 0.4) is 0 Å². The average Bonchev–Trinajstić information content (AvgIpc) is 2.69. The van der Waals surface area contributed by atoms with Crippen LogP contribution in [0.15, 0.2) is 48.5 Å². The van der Waals surface area contributed by atoms with Crippen LogP contribution in [0.25, 0.3) is 0 Å². The number of nitro benzene ring substituents is 1. The first-order valence-corrected chi connectivity index (χ1v) is 8.43. The fourth-order valence-electron chi connectivity index (χ4n) is 3.06. The molecule has 0 bridgehead atoms. The smallest absolute Gasteiger partial charge is 0.269 e. The molecule has 0 aromatic heterocycles. The highest BCUT2D eigenvalue weighted by atomic mass is 16.6. The number of amides is 2. The van der Waals surface area contributed by atoms with E-state index in [9.17, 15) is 19.7 Å². The molecule has 3 rings (SSSR count). The number of ether oxygens (including phenoxy) is 1. The predicted octanol–water partition coefficient (Wildman–Crippen LogP) is 2.48. The predicted molar refractivity (Wildman–Crippen MR) is 98.9 cm³/mol. The number of hydrogen-bond donors (Lipinski definition) is 0. The number of benzene rings is 2. The standard InChI is InChI=1S/C19H19N3O5/c1-13-18(23)21(15-7-9-17(27-2)10-8-15)12-11-20(13)19(24)14-3-5-16(6-4-14)22(25)26/h3-10,13H,11-12H2,1-2H3/t13-/m1/s1. The summed E-state index contributed by atoms with van der Waals surface area (Å²) >= 11 is 0. The highest BCUT2D eigenvalue weighted by Gasteiger charge is 2.35. The lowest BCUT2D eigenvalue weighted by atomic mass is 10.1. The molecule has 0 saturated carbocycles. The van der Waals surface area contributed by atoms with E-state index < -0.39 is 11.0 Å². The van der Waals surface area contributed by atoms with Crippen LogP contribution in [0.1, 0.15) is 17.3 Å². The third-order valence-electron chi connectivity index (χ3n) is 4.63. The molecular weight excluding hydrogens is 350 g/mol. The van der Waals surface area contributed by atoms with Gasteiger partial charge in [0.15, 0.2) is 0 Å². The number of nitro groups is 1. The van der Waals surface area contributed by atoms with Crippen LogP contribution in [-0.4, -0.2) is 47.9 Å². The summed E-state index contributed by atoms with van der Waals surface area (Å²) in [5.74, 6) is 0.202. The molecule has 8 heteroatoms. The lowest BCUT2D eigenvalue weighted by Crippen LogP contribution is -2.57. The van der Waals surface area contributed by atoms with Crippen molar-refractivity contribution in [3.8, 4) is 5.75 Å². The van der Waals surface area contributed by atoms with Crippen molar-refractivity contribution in [2.45, 2.75) is 13.0 Å². The van der Waals surface area contributed by atoms with Gasteiger partial charge in [-0.1, -0.05) is 0 Å². The van der Waals surface area contributed by atoms with E-state index in [0.717, 1.165) is 5.69 Å². The number of anilines is 1. The van der Waals surface area contributed by atoms with Crippen molar-refractivity contribution >= 4 is 23.2 Å². The molecular formula is C19H19N3O5. The fourth-order valence-corrected chi connectivity index (χ4v) is 3.06. The Bertz CT molecular complexity index is 864. The Hall–Kier alpha value is -3.42. The number of nitrogens with zero attached hydrogens (tertiary/aromatic N) is 3. The molecule has 2 amide bonds. The van der Waals surface area contributed by atoms with E-state index in [1.54, 1.807) is 43.2 Å². The summed E-state index contributed by atoms with van der Waals surface area (Å²) < 4.78 is 5.13. The molecule has 1 aliphatic heterocycles. The summed E-state index contributed by atoms with van der Waals surface area (Å²) in [6.45, 7) is 2.42. The maximum absolute atomic E-state index is 12.8. The number of carbonyl (C=O) groups is 2. The lowest BCUT2D eigenvalue weighted by Gasteiger charge is -2.39. The number of carbonyl (C=O) groups excluding carboxylic acids is 2. The Kier molecular flexibility index (Phi) is 5.07. The third-order valence-corrected chi connectivity index (χ3v) is 4.63. The summed E-state index contributed by atoms with van der Waals surface area (Å²) in [6, 6.07) is 11.9. The summed E-state index contributed by atoms with van der Waals surface area (Å²) in [5.41, 5.74) is 0.980. The summed E-state index contributed by atoms with van der Waals surface area (Å²) in [4.78, 5) is 38.9. The van der Waals surface area contributed by atoms with Gasteiger partial charge in [-0.25, -0.2) is 0 Å². The van der Waals surface area contributed by atoms with Gasteiger partial charge in [0.2, 0.25) is 5.91 Å². The van der Waals surface area contributed by atoms with E-state index in [1.165, 1.54) is 29.2 Å². The molecule has 140 valence electrons. The minimum absolute atomic E-state index is 0.0833. The molecule has 8 nitrogen and oxygen atoms in total. The Balaban J connectivity index is 1.75. The van der Waals surface area contributed by atoms with Crippen molar-refractivity contribution < 1.29 is 19.2 Å². The maximum atomic E-state index is 12.8. The van der Waals surface area contributed by atoms with Gasteiger partial charge in [-0.2, -0.15) is 0 Å². The number of hydrogen-bond acceptors (Lipinski definition) is 5. The van der Waals surface area contributed by atoms with E-state index in [-0.39, 0.29) is 17.5 Å². The summed E-state index contributed by atoms with van der Waals surface area (Å²) in [5, 5.41) is 10.7. The molecule has 27 heavy (non-hydrogen) atoms. The second-order valence-corrected chi connectivity index (χ2v) is 6.17. The first-order chi connectivity index (χ1) is 12.9. The van der Waals surface area contributed by atoms with Gasteiger partial charge in [-0.3, -0.25) is 19.7 Å². The zero-order chi connectivity index (χ0) is 19.6. The minimum atomic E-state index is -0.636.